The summed E-state index contributed by atoms with van der Waals surface area (Å²) in [5.74, 6) is -0.240. The lowest BCUT2D eigenvalue weighted by Crippen LogP contribution is -2.43. The quantitative estimate of drug-likeness (QED) is 0.447. The fraction of sp³-hybridized carbons (Fsp3) is 0.308. The van der Waals surface area contributed by atoms with Gasteiger partial charge >= 0.3 is 6.09 Å². The molecule has 1 saturated carbocycles. The van der Waals surface area contributed by atoms with Crippen LogP contribution in [0.3, 0.4) is 0 Å². The highest BCUT2D eigenvalue weighted by Crippen LogP contribution is 2.31. The summed E-state index contributed by atoms with van der Waals surface area (Å²) in [6, 6.07) is 15.8. The van der Waals surface area contributed by atoms with E-state index in [1.807, 2.05) is 60.0 Å². The molecule has 0 bridgehead atoms. The van der Waals surface area contributed by atoms with Crippen LogP contribution in [0.5, 0.6) is 0 Å². The number of β-amino-alcohol motifs (C(OH)–C–C–N with tert-alkyl or cyclic N) is 1. The molecule has 9 nitrogen and oxygen atoms in total. The maximum Gasteiger partial charge on any atom is 0.410 e. The van der Waals surface area contributed by atoms with Crippen LogP contribution < -0.4 is 10.6 Å². The zero-order valence-electron chi connectivity index (χ0n) is 19.4. The monoisotopic (exact) mass is 506 g/mol. The fourth-order valence-electron chi connectivity index (χ4n) is 4.03. The SMILES string of the molecule is O=C(Nc1ccc(-c2csc(NC(=O)C3CC(O)CN3C(=O)OCc3ccccc3)n2)cc1)C1CC1. The van der Waals surface area contributed by atoms with Crippen LogP contribution in [0, 0.1) is 5.92 Å². The van der Waals surface area contributed by atoms with E-state index in [4.69, 9.17) is 4.74 Å². The third-order valence-corrected chi connectivity index (χ3v) is 6.91. The molecule has 3 amide bonds. The van der Waals surface area contributed by atoms with E-state index in [9.17, 15) is 19.5 Å². The average Bonchev–Trinajstić information content (AvgIpc) is 3.52. The number of rotatable bonds is 7. The minimum absolute atomic E-state index is 0.0263. The van der Waals surface area contributed by atoms with Gasteiger partial charge in [0, 0.05) is 29.0 Å². The molecule has 36 heavy (non-hydrogen) atoms. The number of amides is 3. The molecule has 2 heterocycles. The van der Waals surface area contributed by atoms with Crippen molar-refractivity contribution in [2.24, 2.45) is 5.92 Å². The van der Waals surface area contributed by atoms with Crippen molar-refractivity contribution in [2.45, 2.75) is 38.0 Å². The first-order chi connectivity index (χ1) is 17.5. The van der Waals surface area contributed by atoms with E-state index < -0.39 is 24.1 Å². The predicted octanol–water partition coefficient (Wildman–Crippen LogP) is 3.87. The molecule has 2 fully saturated rings. The highest BCUT2D eigenvalue weighted by atomic mass is 32.1. The molecule has 1 saturated heterocycles. The number of nitrogens with zero attached hydrogens (tertiary/aromatic N) is 2. The molecule has 2 aliphatic rings. The number of thiazole rings is 1. The molecule has 3 N–H and O–H groups in total. The van der Waals surface area contributed by atoms with Crippen molar-refractivity contribution < 1.29 is 24.2 Å². The predicted molar refractivity (Wildman–Crippen MR) is 135 cm³/mol. The molecule has 2 aromatic carbocycles. The maximum atomic E-state index is 13.0. The molecular weight excluding hydrogens is 480 g/mol. The molecule has 2 unspecified atom stereocenters. The Bertz CT molecular complexity index is 1240. The first-order valence-electron chi connectivity index (χ1n) is 11.8. The second kappa shape index (κ2) is 10.5. The molecular formula is C26H26N4O5S. The van der Waals surface area contributed by atoms with Crippen LogP contribution in [0.4, 0.5) is 15.6 Å². The number of hydrogen-bond donors (Lipinski definition) is 3. The van der Waals surface area contributed by atoms with E-state index in [0.717, 1.165) is 29.7 Å². The molecule has 2 atom stereocenters. The van der Waals surface area contributed by atoms with Gasteiger partial charge in [-0.15, -0.1) is 11.3 Å². The van der Waals surface area contributed by atoms with Crippen LogP contribution >= 0.6 is 11.3 Å². The molecule has 1 aromatic heterocycles. The maximum absolute atomic E-state index is 13.0. The number of aromatic nitrogens is 1. The van der Waals surface area contributed by atoms with Crippen LogP contribution in [0.2, 0.25) is 0 Å². The Kier molecular flexibility index (Phi) is 6.97. The molecule has 10 heteroatoms. The van der Waals surface area contributed by atoms with Gasteiger partial charge in [0.05, 0.1) is 18.3 Å². The van der Waals surface area contributed by atoms with Gasteiger partial charge in [-0.05, 0) is 30.5 Å². The number of nitrogens with one attached hydrogen (secondary N) is 2. The summed E-state index contributed by atoms with van der Waals surface area (Å²) < 4.78 is 5.36. The average molecular weight is 507 g/mol. The van der Waals surface area contributed by atoms with Gasteiger partial charge in [-0.2, -0.15) is 0 Å². The van der Waals surface area contributed by atoms with Crippen molar-refractivity contribution in [3.63, 3.8) is 0 Å². The summed E-state index contributed by atoms with van der Waals surface area (Å²) in [7, 11) is 0. The number of anilines is 2. The summed E-state index contributed by atoms with van der Waals surface area (Å²) >= 11 is 1.27. The lowest BCUT2D eigenvalue weighted by molar-refractivity contribution is -0.120. The van der Waals surface area contributed by atoms with E-state index in [2.05, 4.69) is 15.6 Å². The molecule has 186 valence electrons. The second-order valence-electron chi connectivity index (χ2n) is 8.97. The van der Waals surface area contributed by atoms with Crippen molar-refractivity contribution in [3.8, 4) is 11.3 Å². The van der Waals surface area contributed by atoms with Gasteiger partial charge in [-0.1, -0.05) is 42.5 Å². The van der Waals surface area contributed by atoms with Gasteiger partial charge in [-0.3, -0.25) is 14.5 Å². The Labute approximate surface area is 212 Å². The second-order valence-corrected chi connectivity index (χ2v) is 9.82. The van der Waals surface area contributed by atoms with Crippen LogP contribution in [-0.4, -0.2) is 51.6 Å². The van der Waals surface area contributed by atoms with Crippen molar-refractivity contribution >= 4 is 40.1 Å². The summed E-state index contributed by atoms with van der Waals surface area (Å²) in [5.41, 5.74) is 3.10. The van der Waals surface area contributed by atoms with E-state index >= 15 is 0 Å². The van der Waals surface area contributed by atoms with Crippen LogP contribution in [0.1, 0.15) is 24.8 Å². The number of benzene rings is 2. The Hall–Kier alpha value is -3.76. The summed E-state index contributed by atoms with van der Waals surface area (Å²) in [6.45, 7) is 0.109. The largest absolute Gasteiger partial charge is 0.445 e. The van der Waals surface area contributed by atoms with E-state index in [-0.39, 0.29) is 31.4 Å². The van der Waals surface area contributed by atoms with Gasteiger partial charge in [0.15, 0.2) is 5.13 Å². The molecule has 0 radical (unpaired) electrons. The molecule has 1 aliphatic heterocycles. The number of likely N-dealkylation sites (tertiary alicyclic amines) is 1. The molecule has 3 aromatic rings. The fourth-order valence-corrected chi connectivity index (χ4v) is 4.76. The number of carbonyl (C=O) groups excluding carboxylic acids is 3. The third kappa shape index (κ3) is 5.72. The molecule has 5 rings (SSSR count). The van der Waals surface area contributed by atoms with Crippen molar-refractivity contribution in [2.75, 3.05) is 17.2 Å². The minimum atomic E-state index is -0.856. The Balaban J connectivity index is 1.18. The zero-order chi connectivity index (χ0) is 25.1. The van der Waals surface area contributed by atoms with Gasteiger partial charge in [0.2, 0.25) is 11.8 Å². The Morgan fingerprint density at radius 1 is 1.03 bits per heavy atom. The zero-order valence-corrected chi connectivity index (χ0v) is 20.2. The first-order valence-corrected chi connectivity index (χ1v) is 12.7. The molecule has 0 spiro atoms. The molecule has 1 aliphatic carbocycles. The van der Waals surface area contributed by atoms with Crippen LogP contribution in [0.15, 0.2) is 60.0 Å². The highest BCUT2D eigenvalue weighted by molar-refractivity contribution is 7.14. The highest BCUT2D eigenvalue weighted by Gasteiger charge is 2.40. The van der Waals surface area contributed by atoms with E-state index in [0.29, 0.717) is 10.8 Å². The number of aliphatic hydroxyl groups excluding tert-OH is 1. The van der Waals surface area contributed by atoms with Gasteiger partial charge in [-0.25, -0.2) is 9.78 Å². The van der Waals surface area contributed by atoms with Crippen molar-refractivity contribution in [1.29, 1.82) is 0 Å². The lowest BCUT2D eigenvalue weighted by atomic mass is 10.1. The summed E-state index contributed by atoms with van der Waals surface area (Å²) in [5, 5.41) is 18.0. The summed E-state index contributed by atoms with van der Waals surface area (Å²) in [6.07, 6.45) is 0.561. The van der Waals surface area contributed by atoms with Gasteiger partial charge in [0.1, 0.15) is 12.6 Å². The minimum Gasteiger partial charge on any atom is -0.445 e. The Morgan fingerprint density at radius 3 is 2.50 bits per heavy atom. The Morgan fingerprint density at radius 2 is 1.78 bits per heavy atom. The standard InChI is InChI=1S/C26H26N4O5S/c31-20-12-22(30(13-20)26(34)35-14-16-4-2-1-3-5-16)24(33)29-25-28-21(15-36-25)17-8-10-19(11-9-17)27-23(32)18-6-7-18/h1-5,8-11,15,18,20,22,31H,6-7,12-14H2,(H,27,32)(H,28,29,33). The normalized spacial score (nSPS) is 19.1. The number of carbonyl (C=O) groups is 3. The third-order valence-electron chi connectivity index (χ3n) is 6.15. The van der Waals surface area contributed by atoms with Crippen LogP contribution in [0.25, 0.3) is 11.3 Å². The van der Waals surface area contributed by atoms with E-state index in [1.165, 1.54) is 16.2 Å². The summed E-state index contributed by atoms with van der Waals surface area (Å²) in [4.78, 5) is 43.3. The van der Waals surface area contributed by atoms with Crippen molar-refractivity contribution in [1.82, 2.24) is 9.88 Å². The lowest BCUT2D eigenvalue weighted by Gasteiger charge is -2.22. The van der Waals surface area contributed by atoms with Crippen molar-refractivity contribution in [3.05, 3.63) is 65.5 Å². The topological polar surface area (TPSA) is 121 Å². The number of aliphatic hydroxyl groups is 1. The smallest absolute Gasteiger partial charge is 0.410 e. The number of ether oxygens (including phenoxy) is 1. The van der Waals surface area contributed by atoms with Crippen LogP contribution in [-0.2, 0) is 20.9 Å². The van der Waals surface area contributed by atoms with Gasteiger partial charge < -0.3 is 20.5 Å². The number of hydrogen-bond acceptors (Lipinski definition) is 7. The van der Waals surface area contributed by atoms with Gasteiger partial charge in [0.25, 0.3) is 0 Å². The first kappa shape index (κ1) is 24.0. The van der Waals surface area contributed by atoms with E-state index in [1.54, 1.807) is 0 Å².